The number of aryl methyl sites for hydroxylation is 2. The summed E-state index contributed by atoms with van der Waals surface area (Å²) < 4.78 is 12.3. The average Bonchev–Trinajstić information content (AvgIpc) is 3.84. The molecule has 7 N–H and O–H groups in total. The molecular formula is C53H64N8O7. The molecule has 3 aromatic carbocycles. The molecule has 2 amide bonds. The second-order valence-electron chi connectivity index (χ2n) is 17.8. The number of nitrogens with one attached hydrogen (secondary N) is 1. The molecule has 4 atom stereocenters. The second kappa shape index (κ2) is 23.9. The lowest BCUT2D eigenvalue weighted by molar-refractivity contribution is -0.142. The van der Waals surface area contributed by atoms with Gasteiger partial charge in [0.15, 0.2) is 23.2 Å². The fraction of sp³-hybridized carbons (Fsp3) is 0.434. The van der Waals surface area contributed by atoms with Crippen molar-refractivity contribution < 1.29 is 33.4 Å². The van der Waals surface area contributed by atoms with Gasteiger partial charge in [0.25, 0.3) is 0 Å². The van der Waals surface area contributed by atoms with Gasteiger partial charge in [-0.15, -0.1) is 0 Å². The van der Waals surface area contributed by atoms with Crippen molar-refractivity contribution in [1.82, 2.24) is 20.2 Å². The highest BCUT2D eigenvalue weighted by molar-refractivity contribution is 6.01. The third-order valence-corrected chi connectivity index (χ3v) is 12.7. The third-order valence-electron chi connectivity index (χ3n) is 12.7. The smallest absolute Gasteiger partial charge is 0.226 e. The summed E-state index contributed by atoms with van der Waals surface area (Å²) in [5.74, 6) is -2.66. The highest BCUT2D eigenvalue weighted by Gasteiger charge is 2.36. The van der Waals surface area contributed by atoms with Crippen LogP contribution < -0.4 is 32.0 Å². The van der Waals surface area contributed by atoms with Gasteiger partial charge in [-0.3, -0.25) is 24.0 Å². The number of ether oxygens (including phenoxy) is 2. The van der Waals surface area contributed by atoms with Crippen LogP contribution in [0, 0.1) is 37.0 Å². The van der Waals surface area contributed by atoms with Gasteiger partial charge in [0, 0.05) is 74.3 Å². The van der Waals surface area contributed by atoms with Crippen molar-refractivity contribution in [3.05, 3.63) is 99.9 Å². The van der Waals surface area contributed by atoms with Crippen LogP contribution in [0.5, 0.6) is 11.5 Å². The maximum atomic E-state index is 14.9. The minimum atomic E-state index is -1.24. The van der Waals surface area contributed by atoms with Gasteiger partial charge in [-0.2, -0.15) is 5.26 Å². The van der Waals surface area contributed by atoms with Crippen molar-refractivity contribution in [3.8, 4) is 40.1 Å². The number of ketones is 3. The van der Waals surface area contributed by atoms with E-state index in [1.807, 2.05) is 36.4 Å². The monoisotopic (exact) mass is 924 g/mol. The Balaban J connectivity index is 1.36. The lowest BCUT2D eigenvalue weighted by Crippen LogP contribution is -2.46. The number of fused-ring (bicyclic) bond motifs is 5. The van der Waals surface area contributed by atoms with Crippen LogP contribution in [0.2, 0.25) is 0 Å². The van der Waals surface area contributed by atoms with E-state index in [-0.39, 0.29) is 82.9 Å². The van der Waals surface area contributed by atoms with E-state index in [1.165, 1.54) is 30.4 Å². The zero-order valence-corrected chi connectivity index (χ0v) is 39.6. The number of rotatable bonds is 18. The number of carbonyl (C=O) groups excluding carboxylic acids is 5. The van der Waals surface area contributed by atoms with Crippen molar-refractivity contribution >= 4 is 35.2 Å². The first-order chi connectivity index (χ1) is 32.8. The number of benzene rings is 3. The number of aromatic nitrogens is 2. The first-order valence-corrected chi connectivity index (χ1v) is 23.6. The first kappa shape index (κ1) is 50.8. The summed E-state index contributed by atoms with van der Waals surface area (Å²) in [5.41, 5.74) is 24.7. The molecule has 1 aromatic heterocycles. The van der Waals surface area contributed by atoms with E-state index in [9.17, 15) is 29.2 Å². The second-order valence-corrected chi connectivity index (χ2v) is 17.8. The Morgan fingerprint density at radius 3 is 2.13 bits per heavy atom. The van der Waals surface area contributed by atoms with Gasteiger partial charge in [0.2, 0.25) is 11.8 Å². The van der Waals surface area contributed by atoms with Crippen molar-refractivity contribution in [2.24, 2.45) is 29.0 Å². The summed E-state index contributed by atoms with van der Waals surface area (Å²) in [7, 11) is 1.51. The van der Waals surface area contributed by atoms with Crippen LogP contribution in [0.1, 0.15) is 109 Å². The minimum absolute atomic E-state index is 0.0309. The molecule has 1 saturated carbocycles. The molecule has 68 heavy (non-hydrogen) atoms. The summed E-state index contributed by atoms with van der Waals surface area (Å²) in [4.78, 5) is 82.1. The Kier molecular flexibility index (Phi) is 17.9. The van der Waals surface area contributed by atoms with Crippen molar-refractivity contribution in [2.75, 3.05) is 39.9 Å². The molecule has 1 aliphatic heterocycles. The lowest BCUT2D eigenvalue weighted by atomic mass is 9.88. The van der Waals surface area contributed by atoms with Crippen LogP contribution in [0.15, 0.2) is 66.2 Å². The Hall–Kier alpha value is -6.60. The summed E-state index contributed by atoms with van der Waals surface area (Å²) in [6, 6.07) is 18.3. The summed E-state index contributed by atoms with van der Waals surface area (Å²) in [6.07, 6.45) is 6.57. The van der Waals surface area contributed by atoms with Gasteiger partial charge < -0.3 is 36.9 Å². The predicted molar refractivity (Wildman–Crippen MR) is 260 cm³/mol. The first-order valence-electron chi connectivity index (χ1n) is 23.6. The number of amides is 2. The van der Waals surface area contributed by atoms with Crippen LogP contribution in [0.25, 0.3) is 28.6 Å². The van der Waals surface area contributed by atoms with E-state index in [0.29, 0.717) is 56.5 Å². The third kappa shape index (κ3) is 12.5. The zero-order valence-electron chi connectivity index (χ0n) is 39.6. The van der Waals surface area contributed by atoms with E-state index < -0.39 is 41.5 Å². The maximum Gasteiger partial charge on any atom is 0.226 e. The summed E-state index contributed by atoms with van der Waals surface area (Å²) in [5, 5.41) is 12.1. The van der Waals surface area contributed by atoms with Gasteiger partial charge >= 0.3 is 0 Å². The fourth-order valence-electron chi connectivity index (χ4n) is 9.15. The van der Waals surface area contributed by atoms with E-state index >= 15 is 0 Å². The molecule has 0 radical (unpaired) electrons. The molecule has 358 valence electrons. The molecule has 2 aliphatic rings. The van der Waals surface area contributed by atoms with Gasteiger partial charge in [-0.25, -0.2) is 9.97 Å². The fourth-order valence-corrected chi connectivity index (χ4v) is 9.15. The van der Waals surface area contributed by atoms with Crippen molar-refractivity contribution in [3.63, 3.8) is 0 Å². The average molecular weight is 925 g/mol. The number of nitrogens with zero attached hydrogens (tertiary/aromatic N) is 4. The molecule has 0 unspecified atom stereocenters. The number of Topliss-reactive ketones (excluding diaryl/α,β-unsaturated/α-hetero) is 3. The lowest BCUT2D eigenvalue weighted by Gasteiger charge is -2.32. The molecule has 15 nitrogen and oxygen atoms in total. The number of nitriles is 1. The molecule has 1 aliphatic carbocycles. The van der Waals surface area contributed by atoms with Crippen LogP contribution in [-0.2, 0) is 25.6 Å². The molecule has 6 rings (SSSR count). The minimum Gasteiger partial charge on any atom is -0.492 e. The van der Waals surface area contributed by atoms with E-state index in [2.05, 4.69) is 11.4 Å². The highest BCUT2D eigenvalue weighted by atomic mass is 16.5. The molecule has 4 aromatic rings. The van der Waals surface area contributed by atoms with Crippen LogP contribution in [-0.4, -0.2) is 90.0 Å². The predicted octanol–water partition coefficient (Wildman–Crippen LogP) is 6.31. The van der Waals surface area contributed by atoms with E-state index in [4.69, 9.17) is 36.6 Å². The normalized spacial score (nSPS) is 17.6. The largest absolute Gasteiger partial charge is 0.492 e. The van der Waals surface area contributed by atoms with Gasteiger partial charge in [0.1, 0.15) is 30.8 Å². The standard InChI is InChI=1S/C53H64N8O7/c1-32-26-46(64)50(39-16-18-48(68-25-23-57)42(30-39)41-28-37(13-17-47(41)67-24-22-56)29-43(60-52(32)65)44(62)10-7-20-54)61(4)53(66)40(19-21-55)31-45(63)49-33(2)58-51(59-34(49)3)38-14-11-36(12-15-38)27-35-8-5-6-9-35/h11-18,27-28,30,32,40,43,50H,5-10,19,21-26,29,31,55-57H2,1-4H3,(H,60,65)/t32-,40-,43+,50+/m1/s1. The highest BCUT2D eigenvalue weighted by Crippen LogP contribution is 2.41. The molecule has 2 heterocycles. The van der Waals surface area contributed by atoms with Crippen molar-refractivity contribution in [1.29, 1.82) is 5.26 Å². The Bertz CT molecular complexity index is 2540. The Morgan fingerprint density at radius 2 is 1.51 bits per heavy atom. The number of hydrogen-bond donors (Lipinski definition) is 4. The van der Waals surface area contributed by atoms with Gasteiger partial charge in [-0.05, 0) is 99.9 Å². The molecule has 1 fully saturated rings. The molecule has 0 saturated heterocycles. The van der Waals surface area contributed by atoms with Gasteiger partial charge in [-0.1, -0.05) is 55.0 Å². The number of nitrogens with two attached hydrogens (primary N) is 3. The van der Waals surface area contributed by atoms with Crippen LogP contribution in [0.4, 0.5) is 0 Å². The van der Waals surface area contributed by atoms with Gasteiger partial charge in [0.05, 0.1) is 29.1 Å². The van der Waals surface area contributed by atoms with Crippen molar-refractivity contribution in [2.45, 2.75) is 97.1 Å². The quantitative estimate of drug-likeness (QED) is 0.0801. The van der Waals surface area contributed by atoms with E-state index in [1.54, 1.807) is 51.1 Å². The number of hydrogen-bond acceptors (Lipinski definition) is 13. The molecule has 4 bridgehead atoms. The number of likely N-dealkylation sites (N-methyl/N-ethyl adjacent to an activating group) is 1. The zero-order chi connectivity index (χ0) is 48.9. The summed E-state index contributed by atoms with van der Waals surface area (Å²) >= 11 is 0. The topological polar surface area (TPSA) is 247 Å². The van der Waals surface area contributed by atoms with Crippen LogP contribution in [0.3, 0.4) is 0 Å². The Labute approximate surface area is 398 Å². The Morgan fingerprint density at radius 1 is 0.882 bits per heavy atom. The van der Waals surface area contributed by atoms with E-state index in [0.717, 1.165) is 24.0 Å². The summed E-state index contributed by atoms with van der Waals surface area (Å²) in [6.45, 7) is 5.96. The molecule has 15 heteroatoms. The SMILES string of the molecule is Cc1nc(-c2ccc(C=C3CCCC3)cc2)nc(C)c1C(=O)C[C@@H](CCN)C(=O)N(C)[C@@H]1C(=O)C[C@@H](C)C(=O)N[C@H](C(=O)CCC#N)Cc2ccc(OCCN)c(c2)-c2cc1ccc2OCCN. The molecular weight excluding hydrogens is 861 g/mol. The van der Waals surface area contributed by atoms with Crippen LogP contribution >= 0.6 is 0 Å². The maximum absolute atomic E-state index is 14.9. The molecule has 0 spiro atoms. The number of carbonyl (C=O) groups is 5. The number of allylic oxidation sites excluding steroid dienone is 1.